The van der Waals surface area contributed by atoms with Crippen LogP contribution in [0.2, 0.25) is 0 Å². The van der Waals surface area contributed by atoms with Crippen LogP contribution in [-0.4, -0.2) is 25.3 Å². The Morgan fingerprint density at radius 2 is 1.69 bits per heavy atom. The molecule has 3 aliphatic rings. The van der Waals surface area contributed by atoms with Crippen molar-refractivity contribution in [2.24, 2.45) is 11.8 Å². The number of nitrogens with one attached hydrogen (secondary N) is 1. The van der Waals surface area contributed by atoms with Crippen LogP contribution in [0.4, 0.5) is 0 Å². The summed E-state index contributed by atoms with van der Waals surface area (Å²) >= 11 is 0. The van der Waals surface area contributed by atoms with Gasteiger partial charge in [0.1, 0.15) is 0 Å². The third kappa shape index (κ3) is 2.78. The first-order valence-corrected chi connectivity index (χ1v) is 7.25. The van der Waals surface area contributed by atoms with Gasteiger partial charge in [0.05, 0.1) is 6.61 Å². The molecule has 0 amide bonds. The van der Waals surface area contributed by atoms with E-state index in [4.69, 9.17) is 4.74 Å². The lowest BCUT2D eigenvalue weighted by atomic mass is 9.82. The van der Waals surface area contributed by atoms with Crippen LogP contribution in [0.3, 0.4) is 0 Å². The first-order valence-electron chi connectivity index (χ1n) is 7.25. The van der Waals surface area contributed by atoms with Gasteiger partial charge >= 0.3 is 0 Å². The Bertz CT molecular complexity index is 221. The van der Waals surface area contributed by atoms with E-state index >= 15 is 0 Å². The van der Waals surface area contributed by atoms with E-state index in [1.165, 1.54) is 51.4 Å². The van der Waals surface area contributed by atoms with Crippen LogP contribution in [-0.2, 0) is 4.74 Å². The Morgan fingerprint density at radius 1 is 0.812 bits per heavy atom. The van der Waals surface area contributed by atoms with Crippen LogP contribution in [0.15, 0.2) is 0 Å². The lowest BCUT2D eigenvalue weighted by molar-refractivity contribution is 0.0621. The Morgan fingerprint density at radius 3 is 2.44 bits per heavy atom. The zero-order valence-corrected chi connectivity index (χ0v) is 10.3. The van der Waals surface area contributed by atoms with Crippen molar-refractivity contribution in [1.29, 1.82) is 0 Å². The summed E-state index contributed by atoms with van der Waals surface area (Å²) in [4.78, 5) is 0. The van der Waals surface area contributed by atoms with E-state index in [-0.39, 0.29) is 0 Å². The maximum atomic E-state index is 5.55. The third-order valence-electron chi connectivity index (χ3n) is 4.64. The molecule has 2 nitrogen and oxygen atoms in total. The quantitative estimate of drug-likeness (QED) is 0.794. The highest BCUT2D eigenvalue weighted by Crippen LogP contribution is 2.43. The van der Waals surface area contributed by atoms with E-state index in [0.717, 1.165) is 31.1 Å². The van der Waals surface area contributed by atoms with Gasteiger partial charge in [-0.3, -0.25) is 0 Å². The summed E-state index contributed by atoms with van der Waals surface area (Å²) in [5.74, 6) is 2.16. The molecule has 3 unspecified atom stereocenters. The van der Waals surface area contributed by atoms with Crippen LogP contribution in [0.5, 0.6) is 0 Å². The van der Waals surface area contributed by atoms with Crippen LogP contribution >= 0.6 is 0 Å². The van der Waals surface area contributed by atoms with Gasteiger partial charge in [-0.25, -0.2) is 0 Å². The first kappa shape index (κ1) is 11.0. The molecule has 0 bridgehead atoms. The van der Waals surface area contributed by atoms with Crippen molar-refractivity contribution in [2.75, 3.05) is 13.2 Å². The molecule has 3 atom stereocenters. The second-order valence-electron chi connectivity index (χ2n) is 6.04. The summed E-state index contributed by atoms with van der Waals surface area (Å²) in [6.07, 6.45) is 11.4. The van der Waals surface area contributed by atoms with E-state index in [9.17, 15) is 0 Å². The minimum Gasteiger partial charge on any atom is -0.380 e. The van der Waals surface area contributed by atoms with Crippen LogP contribution in [0, 0.1) is 11.8 Å². The number of hydrogen-bond donors (Lipinski definition) is 1. The third-order valence-corrected chi connectivity index (χ3v) is 4.64. The fraction of sp³-hybridized carbons (Fsp3) is 1.00. The molecule has 0 aromatic rings. The molecule has 16 heavy (non-hydrogen) atoms. The minimum atomic E-state index is 0.650. The molecule has 1 saturated heterocycles. The highest BCUT2D eigenvalue weighted by molar-refractivity contribution is 4.89. The van der Waals surface area contributed by atoms with Gasteiger partial charge in [0.15, 0.2) is 0 Å². The Balaban J connectivity index is 1.46. The molecule has 92 valence electrons. The summed E-state index contributed by atoms with van der Waals surface area (Å²) in [6, 6.07) is 1.45. The molecule has 1 aliphatic heterocycles. The summed E-state index contributed by atoms with van der Waals surface area (Å²) in [7, 11) is 0. The van der Waals surface area contributed by atoms with Crippen LogP contribution < -0.4 is 5.32 Å². The molecule has 1 heterocycles. The first-order chi connectivity index (χ1) is 7.92. The molecular weight excluding hydrogens is 198 g/mol. The molecule has 3 rings (SSSR count). The van der Waals surface area contributed by atoms with Gasteiger partial charge in [0, 0.05) is 18.7 Å². The topological polar surface area (TPSA) is 21.3 Å². The molecule has 0 spiro atoms. The van der Waals surface area contributed by atoms with Gasteiger partial charge < -0.3 is 10.1 Å². The highest BCUT2D eigenvalue weighted by atomic mass is 16.5. The van der Waals surface area contributed by atoms with Gasteiger partial charge in [-0.1, -0.05) is 12.8 Å². The molecule has 1 N–H and O–H groups in total. The second-order valence-corrected chi connectivity index (χ2v) is 6.04. The lowest BCUT2D eigenvalue weighted by Gasteiger charge is -2.34. The average molecular weight is 223 g/mol. The predicted octanol–water partition coefficient (Wildman–Crippen LogP) is 2.72. The van der Waals surface area contributed by atoms with Crippen molar-refractivity contribution in [1.82, 2.24) is 5.32 Å². The van der Waals surface area contributed by atoms with Crippen molar-refractivity contribution in [3.63, 3.8) is 0 Å². The molecule has 0 radical (unpaired) electrons. The number of ether oxygens (including phenoxy) is 1. The SMILES string of the molecule is C1COCC(NC2CCCC(C3CC3)C2)C1. The van der Waals surface area contributed by atoms with E-state index in [1.807, 2.05) is 0 Å². The summed E-state index contributed by atoms with van der Waals surface area (Å²) in [5.41, 5.74) is 0. The normalized spacial score (nSPS) is 40.9. The maximum absolute atomic E-state index is 5.55. The van der Waals surface area contributed by atoms with Gasteiger partial charge in [-0.15, -0.1) is 0 Å². The molecule has 0 aromatic heterocycles. The molecule has 2 saturated carbocycles. The summed E-state index contributed by atoms with van der Waals surface area (Å²) in [5, 5.41) is 3.85. The summed E-state index contributed by atoms with van der Waals surface area (Å²) in [6.45, 7) is 1.93. The fourth-order valence-corrected chi connectivity index (χ4v) is 3.58. The van der Waals surface area contributed by atoms with Crippen LogP contribution in [0.25, 0.3) is 0 Å². The van der Waals surface area contributed by atoms with Crippen molar-refractivity contribution in [3.8, 4) is 0 Å². The van der Waals surface area contributed by atoms with E-state index < -0.39 is 0 Å². The fourth-order valence-electron chi connectivity index (χ4n) is 3.58. The molecule has 2 heteroatoms. The molecular formula is C14H25NO. The van der Waals surface area contributed by atoms with Crippen LogP contribution in [0.1, 0.15) is 51.4 Å². The van der Waals surface area contributed by atoms with Crippen molar-refractivity contribution in [2.45, 2.75) is 63.5 Å². The monoisotopic (exact) mass is 223 g/mol. The van der Waals surface area contributed by atoms with E-state index in [0.29, 0.717) is 6.04 Å². The zero-order valence-electron chi connectivity index (χ0n) is 10.3. The largest absolute Gasteiger partial charge is 0.380 e. The Hall–Kier alpha value is -0.0800. The second kappa shape index (κ2) is 5.05. The lowest BCUT2D eigenvalue weighted by Crippen LogP contribution is -2.45. The van der Waals surface area contributed by atoms with Gasteiger partial charge in [-0.05, 0) is 50.4 Å². The minimum absolute atomic E-state index is 0.650. The van der Waals surface area contributed by atoms with Gasteiger partial charge in [0.2, 0.25) is 0 Å². The zero-order chi connectivity index (χ0) is 10.8. The van der Waals surface area contributed by atoms with Gasteiger partial charge in [0.25, 0.3) is 0 Å². The average Bonchev–Trinajstić information content (AvgIpc) is 3.15. The Kier molecular flexibility index (Phi) is 3.49. The van der Waals surface area contributed by atoms with E-state index in [2.05, 4.69) is 5.32 Å². The van der Waals surface area contributed by atoms with Crippen molar-refractivity contribution < 1.29 is 4.74 Å². The smallest absolute Gasteiger partial charge is 0.0619 e. The highest BCUT2D eigenvalue weighted by Gasteiger charge is 2.35. The predicted molar refractivity (Wildman–Crippen MR) is 65.4 cm³/mol. The number of rotatable bonds is 3. The molecule has 0 aromatic carbocycles. The maximum Gasteiger partial charge on any atom is 0.0619 e. The van der Waals surface area contributed by atoms with Gasteiger partial charge in [-0.2, -0.15) is 0 Å². The molecule has 3 fully saturated rings. The van der Waals surface area contributed by atoms with E-state index in [1.54, 1.807) is 0 Å². The van der Waals surface area contributed by atoms with Crippen molar-refractivity contribution in [3.05, 3.63) is 0 Å². The van der Waals surface area contributed by atoms with Crippen molar-refractivity contribution >= 4 is 0 Å². The Labute approximate surface area is 99.1 Å². The summed E-state index contributed by atoms with van der Waals surface area (Å²) < 4.78 is 5.55. The number of hydrogen-bond acceptors (Lipinski definition) is 2. The standard InChI is InChI=1S/C14H25NO/c1-3-12(11-6-7-11)9-13(4-1)15-14-5-2-8-16-10-14/h11-15H,1-10H2. The molecule has 2 aliphatic carbocycles.